The number of likely N-dealkylation sites (tertiary alicyclic amines) is 1. The summed E-state index contributed by atoms with van der Waals surface area (Å²) in [6.07, 6.45) is 4.68. The summed E-state index contributed by atoms with van der Waals surface area (Å²) >= 11 is 6.13. The fraction of sp³-hybridized carbons (Fsp3) is 0.550. The fourth-order valence-corrected chi connectivity index (χ4v) is 3.71. The molecule has 0 aliphatic carbocycles. The number of nitrogen functional groups attached to an aromatic ring is 1. The van der Waals surface area contributed by atoms with Gasteiger partial charge in [-0.25, -0.2) is 4.79 Å². The van der Waals surface area contributed by atoms with E-state index < -0.39 is 11.2 Å². The Morgan fingerprint density at radius 2 is 2.00 bits per heavy atom. The van der Waals surface area contributed by atoms with Crippen molar-refractivity contribution in [3.8, 4) is 0 Å². The minimum absolute atomic E-state index is 0.321. The van der Waals surface area contributed by atoms with Gasteiger partial charge >= 0.3 is 6.09 Å². The van der Waals surface area contributed by atoms with Crippen LogP contribution in [0.1, 0.15) is 39.2 Å². The van der Waals surface area contributed by atoms with E-state index in [-0.39, 0.29) is 6.09 Å². The number of nitrogens with two attached hydrogens (primary N) is 1. The van der Waals surface area contributed by atoms with Crippen LogP contribution in [0.2, 0.25) is 5.02 Å². The largest absolute Gasteiger partial charge is 0.444 e. The third kappa shape index (κ3) is 4.50. The van der Waals surface area contributed by atoms with Crippen LogP contribution in [0.15, 0.2) is 18.2 Å². The van der Waals surface area contributed by atoms with E-state index in [1.54, 1.807) is 11.0 Å². The topological polar surface area (TPSA) is 79.0 Å². The summed E-state index contributed by atoms with van der Waals surface area (Å²) in [6, 6.07) is 3.73. The molecule has 0 bridgehead atoms. The molecule has 0 atom stereocenters. The number of amides is 1. The summed E-state index contributed by atoms with van der Waals surface area (Å²) in [4.78, 5) is 16.0. The zero-order chi connectivity index (χ0) is 19.8. The van der Waals surface area contributed by atoms with Gasteiger partial charge in [-0.15, -0.1) is 0 Å². The van der Waals surface area contributed by atoms with Crippen LogP contribution in [0, 0.1) is 0 Å². The molecular formula is C20H28ClN3O3. The lowest BCUT2D eigenvalue weighted by molar-refractivity contribution is -0.0273. The SMILES string of the molecule is CC(C)(C)OC(=O)N1CCC(O)(CN2CC=Cc3c2ccc(Cl)c3N)CC1. The van der Waals surface area contributed by atoms with Gasteiger partial charge in [0.05, 0.1) is 16.3 Å². The first-order valence-corrected chi connectivity index (χ1v) is 9.66. The first-order chi connectivity index (χ1) is 12.6. The Bertz CT molecular complexity index is 750. The number of piperidine rings is 1. The summed E-state index contributed by atoms with van der Waals surface area (Å²) in [7, 11) is 0. The first-order valence-electron chi connectivity index (χ1n) is 9.28. The Labute approximate surface area is 165 Å². The van der Waals surface area contributed by atoms with Gasteiger partial charge in [-0.05, 0) is 45.7 Å². The van der Waals surface area contributed by atoms with Crippen molar-refractivity contribution in [3.63, 3.8) is 0 Å². The Hall–Kier alpha value is -1.92. The van der Waals surface area contributed by atoms with Crippen molar-refractivity contribution in [2.45, 2.75) is 44.8 Å². The van der Waals surface area contributed by atoms with E-state index in [1.165, 1.54) is 0 Å². The van der Waals surface area contributed by atoms with Crippen molar-refractivity contribution in [1.82, 2.24) is 4.90 Å². The van der Waals surface area contributed by atoms with Gasteiger partial charge in [0.25, 0.3) is 0 Å². The zero-order valence-corrected chi connectivity index (χ0v) is 16.9. The molecule has 3 N–H and O–H groups in total. The van der Waals surface area contributed by atoms with E-state index in [1.807, 2.05) is 39.0 Å². The number of carbonyl (C=O) groups excluding carboxylic acids is 1. The Balaban J connectivity index is 1.66. The second-order valence-corrected chi connectivity index (χ2v) is 8.78. The molecule has 3 rings (SSSR count). The second kappa shape index (κ2) is 7.24. The number of nitrogens with zero attached hydrogens (tertiary/aromatic N) is 2. The number of benzene rings is 1. The van der Waals surface area contributed by atoms with E-state index >= 15 is 0 Å². The quantitative estimate of drug-likeness (QED) is 0.751. The van der Waals surface area contributed by atoms with Crippen LogP contribution in [0.3, 0.4) is 0 Å². The van der Waals surface area contributed by atoms with Gasteiger partial charge in [-0.1, -0.05) is 23.8 Å². The van der Waals surface area contributed by atoms with Gasteiger partial charge in [0.15, 0.2) is 0 Å². The molecule has 0 radical (unpaired) electrons. The molecule has 2 heterocycles. The standard InChI is InChI=1S/C20H28ClN3O3/c1-19(2,3)27-18(25)23-11-8-20(26,9-12-23)13-24-10-4-5-14-16(24)7-6-15(21)17(14)22/h4-7,26H,8-13,22H2,1-3H3. The number of hydrogen-bond donors (Lipinski definition) is 2. The molecule has 2 aliphatic heterocycles. The maximum Gasteiger partial charge on any atom is 0.410 e. The van der Waals surface area contributed by atoms with Crippen LogP contribution in [0.4, 0.5) is 16.2 Å². The highest BCUT2D eigenvalue weighted by molar-refractivity contribution is 6.33. The predicted molar refractivity (Wildman–Crippen MR) is 109 cm³/mol. The average Bonchev–Trinajstić information content (AvgIpc) is 2.57. The molecule has 0 spiro atoms. The van der Waals surface area contributed by atoms with E-state index in [0.29, 0.717) is 49.7 Å². The van der Waals surface area contributed by atoms with Crippen LogP contribution in [0.5, 0.6) is 0 Å². The Morgan fingerprint density at radius 3 is 2.63 bits per heavy atom. The number of anilines is 2. The second-order valence-electron chi connectivity index (χ2n) is 8.37. The summed E-state index contributed by atoms with van der Waals surface area (Å²) in [5.41, 5.74) is 7.14. The molecule has 6 nitrogen and oxygen atoms in total. The third-order valence-electron chi connectivity index (χ3n) is 4.99. The summed E-state index contributed by atoms with van der Waals surface area (Å²) in [6.45, 7) is 7.69. The third-order valence-corrected chi connectivity index (χ3v) is 5.32. The lowest BCUT2D eigenvalue weighted by atomic mass is 9.90. The lowest BCUT2D eigenvalue weighted by Crippen LogP contribution is -2.53. The lowest BCUT2D eigenvalue weighted by Gasteiger charge is -2.42. The molecule has 0 unspecified atom stereocenters. The van der Waals surface area contributed by atoms with Gasteiger partial charge in [-0.3, -0.25) is 0 Å². The normalized spacial score (nSPS) is 19.0. The number of halogens is 1. The Morgan fingerprint density at radius 1 is 1.33 bits per heavy atom. The van der Waals surface area contributed by atoms with E-state index in [9.17, 15) is 9.90 Å². The first kappa shape index (κ1) is 19.8. The molecule has 2 aliphatic rings. The van der Waals surface area contributed by atoms with E-state index in [2.05, 4.69) is 4.90 Å². The van der Waals surface area contributed by atoms with Gasteiger partial charge in [-0.2, -0.15) is 0 Å². The van der Waals surface area contributed by atoms with Crippen molar-refractivity contribution < 1.29 is 14.6 Å². The van der Waals surface area contributed by atoms with Crippen LogP contribution in [0.25, 0.3) is 6.08 Å². The number of β-amino-alcohol motifs (C(OH)–C–C–N with tert-alkyl or cyclic N) is 1. The minimum atomic E-state index is -0.866. The monoisotopic (exact) mass is 393 g/mol. The van der Waals surface area contributed by atoms with Crippen molar-refractivity contribution in [2.75, 3.05) is 36.8 Å². The molecular weight excluding hydrogens is 366 g/mol. The zero-order valence-electron chi connectivity index (χ0n) is 16.2. The Kier molecular flexibility index (Phi) is 5.32. The number of rotatable bonds is 2. The number of hydrogen-bond acceptors (Lipinski definition) is 5. The highest BCUT2D eigenvalue weighted by atomic mass is 35.5. The minimum Gasteiger partial charge on any atom is -0.444 e. The summed E-state index contributed by atoms with van der Waals surface area (Å²) < 4.78 is 5.43. The molecule has 0 aromatic heterocycles. The van der Waals surface area contributed by atoms with Gasteiger partial charge in [0.2, 0.25) is 0 Å². The van der Waals surface area contributed by atoms with Crippen LogP contribution >= 0.6 is 11.6 Å². The number of carbonyl (C=O) groups is 1. The van der Waals surface area contributed by atoms with Crippen molar-refractivity contribution in [2.24, 2.45) is 0 Å². The molecule has 1 fully saturated rings. The van der Waals surface area contributed by atoms with Crippen molar-refractivity contribution >= 4 is 35.1 Å². The van der Waals surface area contributed by atoms with Crippen molar-refractivity contribution in [1.29, 1.82) is 0 Å². The maximum absolute atomic E-state index is 12.2. The van der Waals surface area contributed by atoms with Crippen LogP contribution in [-0.2, 0) is 4.74 Å². The predicted octanol–water partition coefficient (Wildman–Crippen LogP) is 3.52. The molecule has 7 heteroatoms. The molecule has 148 valence electrons. The number of aliphatic hydroxyl groups is 1. The molecule has 1 aromatic rings. The molecule has 1 aromatic carbocycles. The highest BCUT2D eigenvalue weighted by Crippen LogP contribution is 2.36. The number of ether oxygens (including phenoxy) is 1. The van der Waals surface area contributed by atoms with Crippen LogP contribution in [-0.4, -0.2) is 53.5 Å². The van der Waals surface area contributed by atoms with Gasteiger partial charge < -0.3 is 25.4 Å². The molecule has 1 saturated heterocycles. The fourth-order valence-electron chi connectivity index (χ4n) is 3.54. The van der Waals surface area contributed by atoms with Gasteiger partial charge in [0, 0.05) is 37.4 Å². The molecule has 0 saturated carbocycles. The highest BCUT2D eigenvalue weighted by Gasteiger charge is 2.37. The summed E-state index contributed by atoms with van der Waals surface area (Å²) in [5.74, 6) is 0. The maximum atomic E-state index is 12.2. The van der Waals surface area contributed by atoms with Crippen LogP contribution < -0.4 is 10.6 Å². The van der Waals surface area contributed by atoms with Gasteiger partial charge in [0.1, 0.15) is 5.60 Å². The number of fused-ring (bicyclic) bond motifs is 1. The van der Waals surface area contributed by atoms with Crippen molar-refractivity contribution in [3.05, 3.63) is 28.8 Å². The van der Waals surface area contributed by atoms with E-state index in [0.717, 1.165) is 11.3 Å². The van der Waals surface area contributed by atoms with E-state index in [4.69, 9.17) is 22.1 Å². The molecule has 27 heavy (non-hydrogen) atoms. The smallest absolute Gasteiger partial charge is 0.410 e. The summed E-state index contributed by atoms with van der Waals surface area (Å²) in [5, 5.41) is 11.6. The average molecular weight is 394 g/mol. The molecule has 1 amide bonds.